The summed E-state index contributed by atoms with van der Waals surface area (Å²) in [6.07, 6.45) is -2.30. The summed E-state index contributed by atoms with van der Waals surface area (Å²) in [5.41, 5.74) is 0. The zero-order valence-electron chi connectivity index (χ0n) is 9.13. The predicted molar refractivity (Wildman–Crippen MR) is 52.3 cm³/mol. The van der Waals surface area contributed by atoms with Crippen LogP contribution < -0.4 is 5.32 Å². The smallest absolute Gasteiger partial charge is 0.330 e. The van der Waals surface area contributed by atoms with E-state index in [1.807, 2.05) is 0 Å². The van der Waals surface area contributed by atoms with Gasteiger partial charge >= 0.3 is 12.3 Å². The van der Waals surface area contributed by atoms with Crippen molar-refractivity contribution in [3.8, 4) is 0 Å². The number of nitrogens with one attached hydrogen (secondary N) is 1. The van der Waals surface area contributed by atoms with Gasteiger partial charge in [-0.15, -0.1) is 0 Å². The van der Waals surface area contributed by atoms with Crippen molar-refractivity contribution in [1.29, 1.82) is 0 Å². The number of furan rings is 1. The van der Waals surface area contributed by atoms with Gasteiger partial charge in [0.25, 0.3) is 0 Å². The maximum absolute atomic E-state index is 12.5. The molecule has 1 aromatic heterocycles. The molecule has 17 heavy (non-hydrogen) atoms. The van der Waals surface area contributed by atoms with E-state index in [9.17, 15) is 17.6 Å². The number of hydrogen-bond acceptors (Lipinski definition) is 3. The summed E-state index contributed by atoms with van der Waals surface area (Å²) in [4.78, 5) is 0. The molecular weight excluding hydrogens is 242 g/mol. The molecule has 0 aromatic carbocycles. The van der Waals surface area contributed by atoms with E-state index in [4.69, 9.17) is 4.42 Å². The van der Waals surface area contributed by atoms with E-state index >= 15 is 0 Å². The van der Waals surface area contributed by atoms with Crippen LogP contribution >= 0.6 is 0 Å². The second kappa shape index (κ2) is 6.02. The fourth-order valence-electron chi connectivity index (χ4n) is 1.17. The Labute approximate surface area is 95.7 Å². The number of hydrogen-bond donors (Lipinski definition) is 1. The SMILES string of the molecule is CNC(COCC(F)(F)C(F)F)c1ccco1. The van der Waals surface area contributed by atoms with Crippen LogP contribution in [0.2, 0.25) is 0 Å². The van der Waals surface area contributed by atoms with Crippen LogP contribution in [0.25, 0.3) is 0 Å². The molecule has 0 aliphatic carbocycles. The van der Waals surface area contributed by atoms with Crippen molar-refractivity contribution in [2.75, 3.05) is 20.3 Å². The van der Waals surface area contributed by atoms with Crippen molar-refractivity contribution >= 4 is 0 Å². The van der Waals surface area contributed by atoms with Gasteiger partial charge in [0.2, 0.25) is 0 Å². The van der Waals surface area contributed by atoms with E-state index in [2.05, 4.69) is 10.1 Å². The Morgan fingerprint density at radius 1 is 1.47 bits per heavy atom. The third kappa shape index (κ3) is 4.01. The first kappa shape index (κ1) is 14.0. The fraction of sp³-hybridized carbons (Fsp3) is 0.600. The molecule has 0 bridgehead atoms. The second-order valence-corrected chi connectivity index (χ2v) is 3.43. The van der Waals surface area contributed by atoms with Gasteiger partial charge < -0.3 is 14.5 Å². The van der Waals surface area contributed by atoms with E-state index in [-0.39, 0.29) is 6.61 Å². The number of alkyl halides is 4. The standard InChI is InChI=1S/C10H13F4NO2/c1-15-7(8-3-2-4-17-8)5-16-6-10(13,14)9(11)12/h2-4,7,9,15H,5-6H2,1H3. The Morgan fingerprint density at radius 2 is 2.18 bits per heavy atom. The Bertz CT molecular complexity index is 316. The number of halogens is 4. The largest absolute Gasteiger partial charge is 0.468 e. The lowest BCUT2D eigenvalue weighted by molar-refractivity contribution is -0.167. The first-order valence-corrected chi connectivity index (χ1v) is 4.91. The molecule has 1 unspecified atom stereocenters. The third-order valence-corrected chi connectivity index (χ3v) is 2.13. The maximum Gasteiger partial charge on any atom is 0.330 e. The molecule has 0 aliphatic rings. The van der Waals surface area contributed by atoms with E-state index in [0.717, 1.165) is 0 Å². The molecule has 0 radical (unpaired) electrons. The lowest BCUT2D eigenvalue weighted by Gasteiger charge is -2.18. The molecule has 0 amide bonds. The molecule has 1 heterocycles. The summed E-state index contributed by atoms with van der Waals surface area (Å²) in [5, 5.41) is 2.77. The summed E-state index contributed by atoms with van der Waals surface area (Å²) >= 11 is 0. The zero-order valence-corrected chi connectivity index (χ0v) is 9.13. The summed E-state index contributed by atoms with van der Waals surface area (Å²) in [7, 11) is 1.59. The molecular formula is C10H13F4NO2. The van der Waals surface area contributed by atoms with Gasteiger partial charge in [0.15, 0.2) is 0 Å². The minimum atomic E-state index is -4.12. The third-order valence-electron chi connectivity index (χ3n) is 2.13. The molecule has 98 valence electrons. The Kier molecular flexibility index (Phi) is 4.95. The molecule has 0 fully saturated rings. The topological polar surface area (TPSA) is 34.4 Å². The Morgan fingerprint density at radius 3 is 2.65 bits per heavy atom. The van der Waals surface area contributed by atoms with Crippen molar-refractivity contribution in [3.63, 3.8) is 0 Å². The van der Waals surface area contributed by atoms with Crippen LogP contribution in [0.1, 0.15) is 11.8 Å². The molecule has 0 saturated heterocycles. The molecule has 1 aromatic rings. The average molecular weight is 255 g/mol. The summed E-state index contributed by atoms with van der Waals surface area (Å²) in [5.74, 6) is -3.63. The van der Waals surface area contributed by atoms with E-state index in [0.29, 0.717) is 5.76 Å². The van der Waals surface area contributed by atoms with Gasteiger partial charge in [0.1, 0.15) is 12.4 Å². The predicted octanol–water partition coefficient (Wildman–Crippen LogP) is 2.46. The first-order valence-electron chi connectivity index (χ1n) is 4.91. The van der Waals surface area contributed by atoms with Gasteiger partial charge in [0.05, 0.1) is 18.9 Å². The van der Waals surface area contributed by atoms with Crippen molar-refractivity contribution in [3.05, 3.63) is 24.2 Å². The maximum atomic E-state index is 12.5. The zero-order chi connectivity index (χ0) is 12.9. The van der Waals surface area contributed by atoms with Crippen LogP contribution in [-0.4, -0.2) is 32.6 Å². The van der Waals surface area contributed by atoms with Crippen LogP contribution in [-0.2, 0) is 4.74 Å². The van der Waals surface area contributed by atoms with Crippen LogP contribution in [0.15, 0.2) is 22.8 Å². The molecule has 0 saturated carbocycles. The van der Waals surface area contributed by atoms with Crippen molar-refractivity contribution in [2.45, 2.75) is 18.4 Å². The number of likely N-dealkylation sites (N-methyl/N-ethyl adjacent to an activating group) is 1. The quantitative estimate of drug-likeness (QED) is 0.760. The van der Waals surface area contributed by atoms with Crippen LogP contribution in [0.5, 0.6) is 0 Å². The molecule has 0 spiro atoms. The normalized spacial score (nSPS) is 14.2. The van der Waals surface area contributed by atoms with E-state index in [1.54, 1.807) is 19.2 Å². The minimum absolute atomic E-state index is 0.174. The van der Waals surface area contributed by atoms with Crippen molar-refractivity contribution in [1.82, 2.24) is 5.32 Å². The first-order chi connectivity index (χ1) is 7.97. The molecule has 1 N–H and O–H groups in total. The van der Waals surface area contributed by atoms with Gasteiger partial charge in [-0.1, -0.05) is 0 Å². The molecule has 3 nitrogen and oxygen atoms in total. The van der Waals surface area contributed by atoms with Gasteiger partial charge in [-0.3, -0.25) is 0 Å². The van der Waals surface area contributed by atoms with Gasteiger partial charge in [-0.05, 0) is 19.2 Å². The molecule has 1 atom stereocenters. The van der Waals surface area contributed by atoms with Gasteiger partial charge in [0, 0.05) is 0 Å². The monoisotopic (exact) mass is 255 g/mol. The van der Waals surface area contributed by atoms with Crippen LogP contribution in [0.3, 0.4) is 0 Å². The summed E-state index contributed by atoms with van der Waals surface area (Å²) in [6.45, 7) is -1.49. The highest BCUT2D eigenvalue weighted by Crippen LogP contribution is 2.23. The average Bonchev–Trinajstić information content (AvgIpc) is 2.77. The van der Waals surface area contributed by atoms with Crippen molar-refractivity contribution < 1.29 is 26.7 Å². The Hall–Kier alpha value is -1.08. The lowest BCUT2D eigenvalue weighted by atomic mass is 10.2. The number of rotatable bonds is 7. The van der Waals surface area contributed by atoms with E-state index in [1.165, 1.54) is 6.26 Å². The summed E-state index contributed by atoms with van der Waals surface area (Å²) < 4.78 is 58.3. The highest BCUT2D eigenvalue weighted by Gasteiger charge is 2.41. The molecule has 0 aliphatic heterocycles. The van der Waals surface area contributed by atoms with Gasteiger partial charge in [-0.25, -0.2) is 8.78 Å². The van der Waals surface area contributed by atoms with Crippen LogP contribution in [0, 0.1) is 0 Å². The Balaban J connectivity index is 2.40. The molecule has 7 heteroatoms. The fourth-order valence-corrected chi connectivity index (χ4v) is 1.17. The summed E-state index contributed by atoms with van der Waals surface area (Å²) in [6, 6.07) is 2.82. The number of ether oxygens (including phenoxy) is 1. The van der Waals surface area contributed by atoms with Crippen molar-refractivity contribution in [2.24, 2.45) is 0 Å². The highest BCUT2D eigenvalue weighted by molar-refractivity contribution is 5.04. The molecule has 1 rings (SSSR count). The van der Waals surface area contributed by atoms with Gasteiger partial charge in [-0.2, -0.15) is 8.78 Å². The second-order valence-electron chi connectivity index (χ2n) is 3.43. The van der Waals surface area contributed by atoms with Crippen LogP contribution in [0.4, 0.5) is 17.6 Å². The van der Waals surface area contributed by atoms with E-state index < -0.39 is 25.0 Å². The highest BCUT2D eigenvalue weighted by atomic mass is 19.3. The minimum Gasteiger partial charge on any atom is -0.468 e. The lowest BCUT2D eigenvalue weighted by Crippen LogP contribution is -2.34.